The topological polar surface area (TPSA) is 81.4 Å². The summed E-state index contributed by atoms with van der Waals surface area (Å²) in [5, 5.41) is 13.9. The molecule has 0 fully saturated rings. The molecule has 0 aliphatic heterocycles. The average molecular weight is 456 g/mol. The standard InChI is InChI=1S/C15H10FIN2O3.C2H4O/c1-8(20)22-10-3-4-13-11(7-10)15(16)19(18-13)14-5-2-9(21)6-12(14)17;1-2-3/h2-7,21H,1H3;2H,1H3. The van der Waals surface area contributed by atoms with Crippen LogP contribution in [0, 0.1) is 9.52 Å². The van der Waals surface area contributed by atoms with Gasteiger partial charge in [0.1, 0.15) is 17.8 Å². The molecule has 0 saturated carbocycles. The fourth-order valence-electron chi connectivity index (χ4n) is 2.09. The molecule has 8 heteroatoms. The molecule has 2 aromatic carbocycles. The summed E-state index contributed by atoms with van der Waals surface area (Å²) < 4.78 is 21.4. The van der Waals surface area contributed by atoms with Gasteiger partial charge in [-0.2, -0.15) is 9.49 Å². The molecule has 0 atom stereocenters. The molecule has 1 aromatic heterocycles. The maximum Gasteiger partial charge on any atom is 0.308 e. The number of phenolic OH excluding ortho intramolecular Hbond substituents is 1. The number of aldehydes is 1. The van der Waals surface area contributed by atoms with Crippen LogP contribution in [0.25, 0.3) is 16.6 Å². The molecule has 1 heterocycles. The number of nitrogens with zero attached hydrogens (tertiary/aromatic N) is 2. The molecule has 130 valence electrons. The van der Waals surface area contributed by atoms with Crippen molar-refractivity contribution in [2.75, 3.05) is 0 Å². The number of ether oxygens (including phenoxy) is 1. The van der Waals surface area contributed by atoms with Crippen molar-refractivity contribution in [3.8, 4) is 17.2 Å². The van der Waals surface area contributed by atoms with Crippen LogP contribution in [-0.2, 0) is 9.59 Å². The summed E-state index contributed by atoms with van der Waals surface area (Å²) >= 11 is 2.00. The maximum atomic E-state index is 14.6. The van der Waals surface area contributed by atoms with E-state index in [2.05, 4.69) is 5.10 Å². The molecule has 25 heavy (non-hydrogen) atoms. The predicted molar refractivity (Wildman–Crippen MR) is 98.5 cm³/mol. The third-order valence-corrected chi connectivity index (χ3v) is 3.87. The van der Waals surface area contributed by atoms with Crippen LogP contribution in [-0.4, -0.2) is 27.1 Å². The fraction of sp³-hybridized carbons (Fsp3) is 0.118. The van der Waals surface area contributed by atoms with Gasteiger partial charge in [-0.25, -0.2) is 4.68 Å². The highest BCUT2D eigenvalue weighted by Crippen LogP contribution is 2.28. The summed E-state index contributed by atoms with van der Waals surface area (Å²) in [6.45, 7) is 2.72. The second-order valence-corrected chi connectivity index (χ2v) is 6.01. The van der Waals surface area contributed by atoms with E-state index in [4.69, 9.17) is 9.53 Å². The first-order chi connectivity index (χ1) is 11.9. The van der Waals surface area contributed by atoms with Crippen molar-refractivity contribution in [1.82, 2.24) is 9.78 Å². The van der Waals surface area contributed by atoms with E-state index >= 15 is 0 Å². The molecular formula is C17H14FIN2O4. The largest absolute Gasteiger partial charge is 0.508 e. The first-order valence-corrected chi connectivity index (χ1v) is 8.20. The third kappa shape index (κ3) is 4.32. The molecule has 0 spiro atoms. The van der Waals surface area contributed by atoms with E-state index < -0.39 is 11.9 Å². The Labute approximate surface area is 156 Å². The molecule has 1 N–H and O–H groups in total. The Balaban J connectivity index is 0.000000701. The smallest absolute Gasteiger partial charge is 0.308 e. The molecule has 3 aromatic rings. The summed E-state index contributed by atoms with van der Waals surface area (Å²) in [5.41, 5.74) is 0.957. The van der Waals surface area contributed by atoms with Crippen LogP contribution in [0.15, 0.2) is 36.4 Å². The van der Waals surface area contributed by atoms with E-state index in [1.807, 2.05) is 22.6 Å². The van der Waals surface area contributed by atoms with Gasteiger partial charge in [0.2, 0.25) is 5.95 Å². The van der Waals surface area contributed by atoms with Gasteiger partial charge in [0.15, 0.2) is 0 Å². The lowest BCUT2D eigenvalue weighted by molar-refractivity contribution is -0.131. The number of fused-ring (bicyclic) bond motifs is 1. The second-order valence-electron chi connectivity index (χ2n) is 4.85. The predicted octanol–water partition coefficient (Wildman–Crippen LogP) is 3.61. The number of carbonyl (C=O) groups is 2. The van der Waals surface area contributed by atoms with Crippen molar-refractivity contribution in [3.05, 3.63) is 45.9 Å². The highest BCUT2D eigenvalue weighted by atomic mass is 127. The number of aromatic hydroxyl groups is 1. The fourth-order valence-corrected chi connectivity index (χ4v) is 2.82. The van der Waals surface area contributed by atoms with Crippen molar-refractivity contribution in [2.24, 2.45) is 0 Å². The lowest BCUT2D eigenvalue weighted by Crippen LogP contribution is -2.01. The Hall–Kier alpha value is -2.49. The summed E-state index contributed by atoms with van der Waals surface area (Å²) in [7, 11) is 0. The minimum absolute atomic E-state index is 0.0995. The number of carbonyl (C=O) groups excluding carboxylic acids is 2. The third-order valence-electron chi connectivity index (χ3n) is 3.00. The molecule has 0 aliphatic rings. The Kier molecular flexibility index (Phi) is 6.07. The lowest BCUT2D eigenvalue weighted by atomic mass is 10.2. The van der Waals surface area contributed by atoms with E-state index in [0.717, 1.165) is 11.0 Å². The quantitative estimate of drug-likeness (QED) is 0.276. The molecular weight excluding hydrogens is 442 g/mol. The number of hydrogen-bond acceptors (Lipinski definition) is 5. The van der Waals surface area contributed by atoms with Crippen LogP contribution in [0.3, 0.4) is 0 Å². The molecule has 0 unspecified atom stereocenters. The van der Waals surface area contributed by atoms with Crippen molar-refractivity contribution < 1.29 is 23.8 Å². The SMILES string of the molecule is CC(=O)Oc1ccc2nn(-c3ccc(O)cc3I)c(F)c2c1.CC=O. The van der Waals surface area contributed by atoms with E-state index in [0.29, 0.717) is 14.8 Å². The zero-order valence-electron chi connectivity index (χ0n) is 13.4. The van der Waals surface area contributed by atoms with Gasteiger partial charge in [-0.05, 0) is 65.9 Å². The van der Waals surface area contributed by atoms with Gasteiger partial charge in [-0.3, -0.25) is 4.79 Å². The van der Waals surface area contributed by atoms with Crippen LogP contribution in [0.1, 0.15) is 13.8 Å². The van der Waals surface area contributed by atoms with Crippen LogP contribution in [0.5, 0.6) is 11.5 Å². The normalized spacial score (nSPS) is 10.1. The minimum Gasteiger partial charge on any atom is -0.508 e. The van der Waals surface area contributed by atoms with Gasteiger partial charge in [0, 0.05) is 10.5 Å². The van der Waals surface area contributed by atoms with Gasteiger partial charge >= 0.3 is 5.97 Å². The summed E-state index contributed by atoms with van der Waals surface area (Å²) in [6.07, 6.45) is 0.750. The highest BCUT2D eigenvalue weighted by Gasteiger charge is 2.15. The van der Waals surface area contributed by atoms with E-state index in [1.54, 1.807) is 18.2 Å². The zero-order chi connectivity index (χ0) is 18.6. The second kappa shape index (κ2) is 8.06. The van der Waals surface area contributed by atoms with Gasteiger partial charge in [-0.1, -0.05) is 0 Å². The Morgan fingerprint density at radius 2 is 2.00 bits per heavy atom. The van der Waals surface area contributed by atoms with E-state index in [-0.39, 0.29) is 16.9 Å². The first kappa shape index (κ1) is 18.8. The van der Waals surface area contributed by atoms with Gasteiger partial charge in [0.05, 0.1) is 16.6 Å². The van der Waals surface area contributed by atoms with Crippen LogP contribution < -0.4 is 4.74 Å². The number of phenols is 1. The summed E-state index contributed by atoms with van der Waals surface area (Å²) in [6, 6.07) is 9.14. The van der Waals surface area contributed by atoms with Crippen molar-refractivity contribution in [3.63, 3.8) is 0 Å². The van der Waals surface area contributed by atoms with Crippen molar-refractivity contribution in [2.45, 2.75) is 13.8 Å². The molecule has 0 radical (unpaired) electrons. The lowest BCUT2D eigenvalue weighted by Gasteiger charge is -2.05. The molecule has 0 amide bonds. The van der Waals surface area contributed by atoms with Gasteiger partial charge in [-0.15, -0.1) is 0 Å². The number of esters is 1. The Morgan fingerprint density at radius 1 is 1.32 bits per heavy atom. The van der Waals surface area contributed by atoms with Crippen LogP contribution in [0.4, 0.5) is 4.39 Å². The minimum atomic E-state index is -0.562. The van der Waals surface area contributed by atoms with Crippen molar-refractivity contribution in [1.29, 1.82) is 0 Å². The number of hydrogen-bond donors (Lipinski definition) is 1. The monoisotopic (exact) mass is 456 g/mol. The zero-order valence-corrected chi connectivity index (χ0v) is 15.5. The van der Waals surface area contributed by atoms with Crippen LogP contribution in [0.2, 0.25) is 0 Å². The molecule has 6 nitrogen and oxygen atoms in total. The Morgan fingerprint density at radius 3 is 2.60 bits per heavy atom. The highest BCUT2D eigenvalue weighted by molar-refractivity contribution is 14.1. The van der Waals surface area contributed by atoms with Gasteiger partial charge in [0.25, 0.3) is 0 Å². The number of rotatable bonds is 2. The maximum absolute atomic E-state index is 14.6. The number of halogens is 2. The van der Waals surface area contributed by atoms with Crippen LogP contribution >= 0.6 is 22.6 Å². The molecule has 0 aliphatic carbocycles. The molecule has 0 saturated heterocycles. The average Bonchev–Trinajstić information content (AvgIpc) is 2.84. The summed E-state index contributed by atoms with van der Waals surface area (Å²) in [4.78, 5) is 19.8. The Bertz CT molecular complexity index is 940. The number of benzene rings is 2. The van der Waals surface area contributed by atoms with Crippen molar-refractivity contribution >= 4 is 45.7 Å². The molecule has 0 bridgehead atoms. The van der Waals surface area contributed by atoms with E-state index in [9.17, 15) is 14.3 Å². The van der Waals surface area contributed by atoms with E-state index in [1.165, 1.54) is 32.0 Å². The number of aromatic nitrogens is 2. The first-order valence-electron chi connectivity index (χ1n) is 7.12. The molecule has 3 rings (SSSR count). The van der Waals surface area contributed by atoms with Gasteiger partial charge < -0.3 is 14.6 Å². The summed E-state index contributed by atoms with van der Waals surface area (Å²) in [5.74, 6) is -0.672.